The van der Waals surface area contributed by atoms with Gasteiger partial charge in [0.05, 0.1) is 10.6 Å². The van der Waals surface area contributed by atoms with E-state index >= 15 is 0 Å². The van der Waals surface area contributed by atoms with Crippen molar-refractivity contribution >= 4 is 23.2 Å². The number of nitrogens with zero attached hydrogens (tertiary/aromatic N) is 3. The Morgan fingerprint density at radius 3 is 2.38 bits per heavy atom. The fraction of sp³-hybridized carbons (Fsp3) is 0.273. The van der Waals surface area contributed by atoms with Gasteiger partial charge < -0.3 is 10.0 Å². The lowest BCUT2D eigenvalue weighted by Crippen LogP contribution is -2.42. The highest BCUT2D eigenvalue weighted by Crippen LogP contribution is 2.37. The van der Waals surface area contributed by atoms with Crippen molar-refractivity contribution in [1.29, 1.82) is 0 Å². The number of amides is 1. The summed E-state index contributed by atoms with van der Waals surface area (Å²) in [6.07, 6.45) is 7.10. The smallest absolute Gasteiger partial charge is 0.323 e. The highest BCUT2D eigenvalue weighted by atomic mass is 32.1. The Morgan fingerprint density at radius 2 is 1.72 bits per heavy atom. The summed E-state index contributed by atoms with van der Waals surface area (Å²) >= 11 is 1.31. The Morgan fingerprint density at radius 1 is 1.03 bits per heavy atom. The fourth-order valence-corrected chi connectivity index (χ4v) is 4.80. The minimum atomic E-state index is -1.00. The summed E-state index contributed by atoms with van der Waals surface area (Å²) in [6.45, 7) is -0.297. The maximum atomic E-state index is 13.3. The number of carboxylic acids is 1. The normalized spacial score (nSPS) is 14.1. The highest BCUT2D eigenvalue weighted by molar-refractivity contribution is 7.17. The van der Waals surface area contributed by atoms with Crippen molar-refractivity contribution in [2.45, 2.75) is 31.7 Å². The first-order valence-corrected chi connectivity index (χ1v) is 10.4. The minimum Gasteiger partial charge on any atom is -0.480 e. The second kappa shape index (κ2) is 8.53. The Bertz CT molecular complexity index is 942. The van der Waals surface area contributed by atoms with Gasteiger partial charge in [-0.25, -0.2) is 4.98 Å². The number of hydrogen-bond donors (Lipinski definition) is 1. The molecule has 0 unspecified atom stereocenters. The molecule has 2 aromatic heterocycles. The molecule has 0 bridgehead atoms. The average Bonchev–Trinajstić information content (AvgIpc) is 3.43. The second-order valence-corrected chi connectivity index (χ2v) is 8.06. The number of aliphatic carboxylic acids is 1. The van der Waals surface area contributed by atoms with Gasteiger partial charge in [-0.2, -0.15) is 0 Å². The first-order valence-electron chi connectivity index (χ1n) is 9.63. The van der Waals surface area contributed by atoms with E-state index in [2.05, 4.69) is 9.97 Å². The topological polar surface area (TPSA) is 83.4 Å². The van der Waals surface area contributed by atoms with Gasteiger partial charge in [-0.05, 0) is 30.5 Å². The van der Waals surface area contributed by atoms with Crippen LogP contribution in [0.5, 0.6) is 0 Å². The van der Waals surface area contributed by atoms with E-state index in [0.717, 1.165) is 41.7 Å². The molecule has 0 spiro atoms. The van der Waals surface area contributed by atoms with Crippen LogP contribution in [0.3, 0.4) is 0 Å². The lowest BCUT2D eigenvalue weighted by molar-refractivity contribution is -0.138. The van der Waals surface area contributed by atoms with E-state index in [9.17, 15) is 14.7 Å². The summed E-state index contributed by atoms with van der Waals surface area (Å²) in [4.78, 5) is 35.8. The van der Waals surface area contributed by atoms with Crippen LogP contribution in [0.15, 0.2) is 54.9 Å². The molecule has 1 amide bonds. The highest BCUT2D eigenvalue weighted by Gasteiger charge is 2.31. The minimum absolute atomic E-state index is 0.0351. The van der Waals surface area contributed by atoms with Crippen LogP contribution in [-0.4, -0.2) is 44.4 Å². The van der Waals surface area contributed by atoms with Crippen molar-refractivity contribution < 1.29 is 14.7 Å². The monoisotopic (exact) mass is 407 g/mol. The van der Waals surface area contributed by atoms with Crippen molar-refractivity contribution in [2.24, 2.45) is 0 Å². The van der Waals surface area contributed by atoms with E-state index in [1.54, 1.807) is 12.4 Å². The SMILES string of the molecule is O=C(O)CN(C(=O)c1nc(-c2ccncc2)c(-c2ccccc2)s1)C1CCCC1. The van der Waals surface area contributed by atoms with Crippen LogP contribution in [-0.2, 0) is 4.79 Å². The van der Waals surface area contributed by atoms with Crippen molar-refractivity contribution in [3.05, 3.63) is 59.9 Å². The molecule has 1 aliphatic rings. The lowest BCUT2D eigenvalue weighted by Gasteiger charge is -2.26. The number of thiazole rings is 1. The molecule has 29 heavy (non-hydrogen) atoms. The van der Waals surface area contributed by atoms with Crippen molar-refractivity contribution in [3.63, 3.8) is 0 Å². The maximum Gasteiger partial charge on any atom is 0.323 e. The van der Waals surface area contributed by atoms with Crippen LogP contribution in [0, 0.1) is 0 Å². The molecule has 0 saturated heterocycles. The van der Waals surface area contributed by atoms with Gasteiger partial charge in [0, 0.05) is 24.0 Å². The summed E-state index contributed by atoms with van der Waals surface area (Å²) < 4.78 is 0. The lowest BCUT2D eigenvalue weighted by atomic mass is 10.1. The third kappa shape index (κ3) is 4.19. The molecule has 1 aliphatic carbocycles. The second-order valence-electron chi connectivity index (χ2n) is 7.06. The Labute approximate surface area is 172 Å². The van der Waals surface area contributed by atoms with Crippen LogP contribution in [0.4, 0.5) is 0 Å². The first-order chi connectivity index (χ1) is 14.1. The van der Waals surface area contributed by atoms with Crippen LogP contribution in [0.2, 0.25) is 0 Å². The van der Waals surface area contributed by atoms with Crippen molar-refractivity contribution in [1.82, 2.24) is 14.9 Å². The number of pyridine rings is 1. The van der Waals surface area contributed by atoms with E-state index in [0.29, 0.717) is 10.7 Å². The maximum absolute atomic E-state index is 13.3. The van der Waals surface area contributed by atoms with E-state index in [1.807, 2.05) is 42.5 Å². The van der Waals surface area contributed by atoms with E-state index in [4.69, 9.17) is 0 Å². The standard InChI is InChI=1S/C22H21N3O3S/c26-18(27)14-25(17-8-4-5-9-17)22(28)21-24-19(15-10-12-23-13-11-15)20(29-21)16-6-2-1-3-7-16/h1-3,6-7,10-13,17H,4-5,8-9,14H2,(H,26,27). The number of benzene rings is 1. The zero-order valence-electron chi connectivity index (χ0n) is 15.8. The van der Waals surface area contributed by atoms with Gasteiger partial charge in [-0.15, -0.1) is 11.3 Å². The van der Waals surface area contributed by atoms with Gasteiger partial charge in [0.15, 0.2) is 5.01 Å². The van der Waals surface area contributed by atoms with Crippen molar-refractivity contribution in [3.8, 4) is 21.7 Å². The van der Waals surface area contributed by atoms with Crippen molar-refractivity contribution in [2.75, 3.05) is 6.54 Å². The molecular weight excluding hydrogens is 386 g/mol. The number of aromatic nitrogens is 2. The van der Waals surface area contributed by atoms with Crippen LogP contribution in [0.1, 0.15) is 35.5 Å². The molecule has 2 heterocycles. The number of carboxylic acid groups (broad SMARTS) is 1. The molecule has 1 saturated carbocycles. The summed E-state index contributed by atoms with van der Waals surface area (Å²) in [5.74, 6) is -1.30. The summed E-state index contributed by atoms with van der Waals surface area (Å²) in [5, 5.41) is 9.66. The van der Waals surface area contributed by atoms with Gasteiger partial charge in [0.25, 0.3) is 5.91 Å². The fourth-order valence-electron chi connectivity index (χ4n) is 3.75. The Kier molecular flexibility index (Phi) is 5.67. The molecule has 3 aromatic rings. The molecule has 0 radical (unpaired) electrons. The number of hydrogen-bond acceptors (Lipinski definition) is 5. The Balaban J connectivity index is 1.76. The molecule has 148 valence electrons. The first kappa shape index (κ1) is 19.3. The molecule has 0 aliphatic heterocycles. The molecule has 1 aromatic carbocycles. The Hall–Kier alpha value is -3.06. The van der Waals surface area contributed by atoms with Gasteiger partial charge in [0.1, 0.15) is 6.54 Å². The molecular formula is C22H21N3O3S. The third-order valence-corrected chi connectivity index (χ3v) is 6.22. The van der Waals surface area contributed by atoms with Crippen LogP contribution >= 0.6 is 11.3 Å². The zero-order valence-corrected chi connectivity index (χ0v) is 16.6. The summed E-state index contributed by atoms with van der Waals surface area (Å²) in [5.41, 5.74) is 2.56. The average molecular weight is 407 g/mol. The molecule has 1 fully saturated rings. The molecule has 1 N–H and O–H groups in total. The van der Waals surface area contributed by atoms with Gasteiger partial charge in [0.2, 0.25) is 0 Å². The van der Waals surface area contributed by atoms with E-state index < -0.39 is 5.97 Å². The van der Waals surface area contributed by atoms with Crippen LogP contribution < -0.4 is 0 Å². The van der Waals surface area contributed by atoms with Gasteiger partial charge in [-0.3, -0.25) is 14.6 Å². The zero-order chi connectivity index (χ0) is 20.2. The number of rotatable bonds is 6. The number of carbonyl (C=O) groups excluding carboxylic acids is 1. The summed E-state index contributed by atoms with van der Waals surface area (Å²) in [7, 11) is 0. The predicted molar refractivity (Wildman–Crippen MR) is 112 cm³/mol. The predicted octanol–water partition coefficient (Wildman–Crippen LogP) is 4.34. The summed E-state index contributed by atoms with van der Waals surface area (Å²) in [6, 6.07) is 13.5. The largest absolute Gasteiger partial charge is 0.480 e. The molecule has 7 heteroatoms. The molecule has 6 nitrogen and oxygen atoms in total. The van der Waals surface area contributed by atoms with E-state index in [-0.39, 0.29) is 18.5 Å². The van der Waals surface area contributed by atoms with Gasteiger partial charge in [-0.1, -0.05) is 43.2 Å². The number of carbonyl (C=O) groups is 2. The van der Waals surface area contributed by atoms with Gasteiger partial charge >= 0.3 is 5.97 Å². The quantitative estimate of drug-likeness (QED) is 0.657. The van der Waals surface area contributed by atoms with E-state index in [1.165, 1.54) is 16.2 Å². The van der Waals surface area contributed by atoms with Crippen LogP contribution in [0.25, 0.3) is 21.7 Å². The molecule has 4 rings (SSSR count). The molecule has 0 atom stereocenters. The third-order valence-electron chi connectivity index (χ3n) is 5.13.